The number of amides is 1. The van der Waals surface area contributed by atoms with Crippen LogP contribution >= 0.6 is 0 Å². The van der Waals surface area contributed by atoms with E-state index in [0.29, 0.717) is 36.6 Å². The molecule has 1 aromatic heterocycles. The molecular weight excluding hydrogens is 411 g/mol. The number of carbonyl (C=O) groups excluding carboxylic acids is 1. The number of carbonyl (C=O) groups is 1. The molecule has 164 valence electrons. The second kappa shape index (κ2) is 9.72. The third-order valence-corrected chi connectivity index (χ3v) is 6.67. The standard InChI is InChI=1S/C21H27FN2O5S/c1-15-13-24(14-16(2)28-15)30(26,27)12-11-23-21(25)10-8-17-7-9-20(29-17)18-5-3-4-6-19(18)22/h3-7,9,15-16H,8,10-14H2,1-2H3,(H,23,25). The van der Waals surface area contributed by atoms with Crippen molar-refractivity contribution in [2.75, 3.05) is 25.4 Å². The summed E-state index contributed by atoms with van der Waals surface area (Å²) in [6.07, 6.45) is 0.183. The Hall–Kier alpha value is -2.23. The molecule has 1 N–H and O–H groups in total. The van der Waals surface area contributed by atoms with E-state index in [9.17, 15) is 17.6 Å². The number of aryl methyl sites for hydroxylation is 1. The smallest absolute Gasteiger partial charge is 0.220 e. The summed E-state index contributed by atoms with van der Waals surface area (Å²) in [6.45, 7) is 4.37. The number of furan rings is 1. The minimum atomic E-state index is -3.46. The Morgan fingerprint density at radius 1 is 1.17 bits per heavy atom. The highest BCUT2D eigenvalue weighted by Crippen LogP contribution is 2.25. The molecule has 2 aromatic rings. The highest BCUT2D eigenvalue weighted by molar-refractivity contribution is 7.89. The number of hydrogen-bond donors (Lipinski definition) is 1. The van der Waals surface area contributed by atoms with Gasteiger partial charge in [-0.3, -0.25) is 4.79 Å². The summed E-state index contributed by atoms with van der Waals surface area (Å²) in [5.41, 5.74) is 0.366. The lowest BCUT2D eigenvalue weighted by molar-refractivity contribution is -0.121. The van der Waals surface area contributed by atoms with Crippen molar-refractivity contribution in [3.8, 4) is 11.3 Å². The summed E-state index contributed by atoms with van der Waals surface area (Å²) in [5, 5.41) is 2.64. The Morgan fingerprint density at radius 2 is 1.87 bits per heavy atom. The summed E-state index contributed by atoms with van der Waals surface area (Å²) < 4.78 is 51.4. The molecular formula is C21H27FN2O5S. The number of halogens is 1. The molecule has 1 saturated heterocycles. The van der Waals surface area contributed by atoms with Crippen LogP contribution < -0.4 is 5.32 Å². The molecule has 0 saturated carbocycles. The van der Waals surface area contributed by atoms with E-state index in [1.807, 2.05) is 13.8 Å². The molecule has 0 spiro atoms. The number of nitrogens with zero attached hydrogens (tertiary/aromatic N) is 1. The zero-order valence-electron chi connectivity index (χ0n) is 17.1. The van der Waals surface area contributed by atoms with Crippen LogP contribution in [0.15, 0.2) is 40.8 Å². The van der Waals surface area contributed by atoms with Crippen molar-refractivity contribution in [2.24, 2.45) is 0 Å². The van der Waals surface area contributed by atoms with Crippen LogP contribution in [0.1, 0.15) is 26.0 Å². The van der Waals surface area contributed by atoms with Gasteiger partial charge in [-0.05, 0) is 38.1 Å². The zero-order valence-corrected chi connectivity index (χ0v) is 18.0. The van der Waals surface area contributed by atoms with Crippen molar-refractivity contribution >= 4 is 15.9 Å². The zero-order chi connectivity index (χ0) is 21.7. The van der Waals surface area contributed by atoms with Crippen LogP contribution in [0.5, 0.6) is 0 Å². The van der Waals surface area contributed by atoms with Gasteiger partial charge in [0.1, 0.15) is 17.3 Å². The van der Waals surface area contributed by atoms with Crippen molar-refractivity contribution in [1.29, 1.82) is 0 Å². The maximum Gasteiger partial charge on any atom is 0.220 e. The average Bonchev–Trinajstić information content (AvgIpc) is 3.14. The molecule has 9 heteroatoms. The Kier molecular flexibility index (Phi) is 7.27. The molecule has 1 aliphatic heterocycles. The SMILES string of the molecule is CC1CN(S(=O)(=O)CCNC(=O)CCc2ccc(-c3ccccc3F)o2)CC(C)O1. The van der Waals surface area contributed by atoms with E-state index in [-0.39, 0.29) is 42.7 Å². The fourth-order valence-electron chi connectivity index (χ4n) is 3.45. The van der Waals surface area contributed by atoms with E-state index in [2.05, 4.69) is 5.32 Å². The molecule has 1 amide bonds. The first-order chi connectivity index (χ1) is 14.2. The van der Waals surface area contributed by atoms with E-state index in [1.165, 1.54) is 10.4 Å². The minimum Gasteiger partial charge on any atom is -0.461 e. The van der Waals surface area contributed by atoms with Crippen LogP contribution in [0.3, 0.4) is 0 Å². The summed E-state index contributed by atoms with van der Waals surface area (Å²) in [4.78, 5) is 12.1. The Morgan fingerprint density at radius 3 is 2.57 bits per heavy atom. The van der Waals surface area contributed by atoms with Crippen LogP contribution in [0, 0.1) is 5.82 Å². The normalized spacial score (nSPS) is 20.2. The maximum absolute atomic E-state index is 13.8. The first kappa shape index (κ1) is 22.5. The van der Waals surface area contributed by atoms with E-state index < -0.39 is 10.0 Å². The lowest BCUT2D eigenvalue weighted by Crippen LogP contribution is -2.49. The number of benzene rings is 1. The van der Waals surface area contributed by atoms with Gasteiger partial charge in [-0.1, -0.05) is 12.1 Å². The van der Waals surface area contributed by atoms with E-state index in [1.54, 1.807) is 30.3 Å². The number of morpholine rings is 1. The molecule has 3 rings (SSSR count). The number of ether oxygens (including phenoxy) is 1. The molecule has 0 aliphatic carbocycles. The van der Waals surface area contributed by atoms with Crippen LogP contribution in [-0.2, 0) is 26.0 Å². The van der Waals surface area contributed by atoms with Crippen molar-refractivity contribution in [1.82, 2.24) is 9.62 Å². The highest BCUT2D eigenvalue weighted by Gasteiger charge is 2.30. The number of hydrogen-bond acceptors (Lipinski definition) is 5. The topological polar surface area (TPSA) is 88.9 Å². The molecule has 2 heterocycles. The monoisotopic (exact) mass is 438 g/mol. The Bertz CT molecular complexity index is 965. The molecule has 1 fully saturated rings. The van der Waals surface area contributed by atoms with Gasteiger partial charge in [0.2, 0.25) is 15.9 Å². The summed E-state index contributed by atoms with van der Waals surface area (Å²) in [7, 11) is -3.46. The lowest BCUT2D eigenvalue weighted by atomic mass is 10.1. The first-order valence-corrected chi connectivity index (χ1v) is 11.6. The molecule has 1 aromatic carbocycles. The van der Waals surface area contributed by atoms with Crippen LogP contribution in [0.25, 0.3) is 11.3 Å². The quantitative estimate of drug-likeness (QED) is 0.684. The summed E-state index contributed by atoms with van der Waals surface area (Å²) in [6, 6.07) is 9.69. The van der Waals surface area contributed by atoms with Gasteiger partial charge in [-0.15, -0.1) is 0 Å². The largest absolute Gasteiger partial charge is 0.461 e. The van der Waals surface area contributed by atoms with Crippen molar-refractivity contribution in [3.63, 3.8) is 0 Å². The molecule has 7 nitrogen and oxygen atoms in total. The fourth-order valence-corrected chi connectivity index (χ4v) is 4.94. The van der Waals surface area contributed by atoms with Gasteiger partial charge < -0.3 is 14.5 Å². The first-order valence-electron chi connectivity index (χ1n) is 9.98. The van der Waals surface area contributed by atoms with Crippen LogP contribution in [-0.4, -0.2) is 56.2 Å². The van der Waals surface area contributed by atoms with Crippen LogP contribution in [0.4, 0.5) is 4.39 Å². The predicted molar refractivity (Wildman–Crippen MR) is 111 cm³/mol. The minimum absolute atomic E-state index is 0.0416. The van der Waals surface area contributed by atoms with Gasteiger partial charge in [0.15, 0.2) is 0 Å². The van der Waals surface area contributed by atoms with Gasteiger partial charge >= 0.3 is 0 Å². The van der Waals surface area contributed by atoms with Crippen molar-refractivity contribution in [2.45, 2.75) is 38.9 Å². The molecule has 2 unspecified atom stereocenters. The third kappa shape index (κ3) is 5.90. The second-order valence-electron chi connectivity index (χ2n) is 7.49. The molecule has 30 heavy (non-hydrogen) atoms. The summed E-state index contributed by atoms with van der Waals surface area (Å²) in [5.74, 6) is 0.172. The van der Waals surface area contributed by atoms with Gasteiger partial charge in [-0.25, -0.2) is 12.8 Å². The number of sulfonamides is 1. The fraction of sp³-hybridized carbons (Fsp3) is 0.476. The third-order valence-electron chi connectivity index (χ3n) is 4.86. The van der Waals surface area contributed by atoms with Gasteiger partial charge in [-0.2, -0.15) is 4.31 Å². The van der Waals surface area contributed by atoms with E-state index in [4.69, 9.17) is 9.15 Å². The number of nitrogens with one attached hydrogen (secondary N) is 1. The van der Waals surface area contributed by atoms with Gasteiger partial charge in [0, 0.05) is 32.5 Å². The van der Waals surface area contributed by atoms with Crippen molar-refractivity contribution in [3.05, 3.63) is 48.0 Å². The van der Waals surface area contributed by atoms with Gasteiger partial charge in [0.05, 0.1) is 23.5 Å². The molecule has 1 aliphatic rings. The molecule has 0 radical (unpaired) electrons. The van der Waals surface area contributed by atoms with Crippen molar-refractivity contribution < 1.29 is 26.8 Å². The average molecular weight is 439 g/mol. The van der Waals surface area contributed by atoms with E-state index >= 15 is 0 Å². The summed E-state index contributed by atoms with van der Waals surface area (Å²) >= 11 is 0. The predicted octanol–water partition coefficient (Wildman–Crippen LogP) is 2.57. The van der Waals surface area contributed by atoms with E-state index in [0.717, 1.165) is 0 Å². The van der Waals surface area contributed by atoms with Gasteiger partial charge in [0.25, 0.3) is 0 Å². The highest BCUT2D eigenvalue weighted by atomic mass is 32.2. The lowest BCUT2D eigenvalue weighted by Gasteiger charge is -2.34. The maximum atomic E-state index is 13.8. The second-order valence-corrected chi connectivity index (χ2v) is 9.57. The van der Waals surface area contributed by atoms with Crippen LogP contribution in [0.2, 0.25) is 0 Å². The Labute approximate surface area is 176 Å². The molecule has 2 atom stereocenters. The Balaban J connectivity index is 1.44. The molecule has 0 bridgehead atoms. The number of rotatable bonds is 8.